The van der Waals surface area contributed by atoms with Crippen LogP contribution in [-0.2, 0) is 9.47 Å². The smallest absolute Gasteiger partial charge is 0.157 e. The number of ether oxygens (including phenoxy) is 2. The van der Waals surface area contributed by atoms with E-state index in [9.17, 15) is 0 Å². The Labute approximate surface area is 81.6 Å². The monoisotopic (exact) mass is 186 g/mol. The molecule has 0 aromatic carbocycles. The van der Waals surface area contributed by atoms with Gasteiger partial charge >= 0.3 is 0 Å². The van der Waals surface area contributed by atoms with Crippen LogP contribution in [0.15, 0.2) is 0 Å². The summed E-state index contributed by atoms with van der Waals surface area (Å²) in [5, 5.41) is 0. The first-order valence-electron chi connectivity index (χ1n) is 5.58. The topological polar surface area (TPSA) is 18.5 Å². The van der Waals surface area contributed by atoms with Crippen molar-refractivity contribution in [2.45, 2.75) is 58.8 Å². The Morgan fingerprint density at radius 1 is 1.15 bits per heavy atom. The standard InChI is InChI=1S/C11H22O2/c1-4-7-10-9(5-2)8-12-11(6-3)13-10/h9-11H,4-8H2,1-3H3. The largest absolute Gasteiger partial charge is 0.352 e. The molecule has 2 nitrogen and oxygen atoms in total. The van der Waals surface area contributed by atoms with Crippen LogP contribution in [-0.4, -0.2) is 19.0 Å². The molecule has 0 spiro atoms. The minimum absolute atomic E-state index is 0.0550. The molecule has 1 aliphatic rings. The first-order chi connectivity index (χ1) is 6.31. The van der Waals surface area contributed by atoms with E-state index < -0.39 is 0 Å². The molecule has 1 rings (SSSR count). The first kappa shape index (κ1) is 11.0. The van der Waals surface area contributed by atoms with Gasteiger partial charge in [-0.3, -0.25) is 0 Å². The van der Waals surface area contributed by atoms with Crippen molar-refractivity contribution in [1.82, 2.24) is 0 Å². The third kappa shape index (κ3) is 2.96. The molecule has 1 saturated heterocycles. The maximum absolute atomic E-state index is 5.86. The number of hydrogen-bond donors (Lipinski definition) is 0. The molecule has 1 fully saturated rings. The Hall–Kier alpha value is -0.0800. The van der Waals surface area contributed by atoms with Crippen molar-refractivity contribution in [3.05, 3.63) is 0 Å². The van der Waals surface area contributed by atoms with Gasteiger partial charge in [0, 0.05) is 5.92 Å². The fourth-order valence-corrected chi connectivity index (χ4v) is 1.87. The zero-order valence-corrected chi connectivity index (χ0v) is 9.08. The molecular formula is C11H22O2. The Kier molecular flexibility index (Phi) is 4.74. The highest BCUT2D eigenvalue weighted by atomic mass is 16.7. The molecule has 0 aromatic rings. The van der Waals surface area contributed by atoms with Crippen LogP contribution in [0.3, 0.4) is 0 Å². The van der Waals surface area contributed by atoms with Gasteiger partial charge in [0.05, 0.1) is 12.7 Å². The van der Waals surface area contributed by atoms with Crippen LogP contribution < -0.4 is 0 Å². The normalized spacial score (nSPS) is 34.8. The summed E-state index contributed by atoms with van der Waals surface area (Å²) in [6.45, 7) is 7.43. The average molecular weight is 186 g/mol. The molecule has 0 aliphatic carbocycles. The highest BCUT2D eigenvalue weighted by molar-refractivity contribution is 4.73. The van der Waals surface area contributed by atoms with Crippen molar-refractivity contribution in [2.24, 2.45) is 5.92 Å². The quantitative estimate of drug-likeness (QED) is 0.672. The lowest BCUT2D eigenvalue weighted by Gasteiger charge is -2.35. The summed E-state index contributed by atoms with van der Waals surface area (Å²) in [4.78, 5) is 0. The molecule has 3 atom stereocenters. The molecule has 0 amide bonds. The van der Waals surface area contributed by atoms with Crippen LogP contribution in [0.5, 0.6) is 0 Å². The summed E-state index contributed by atoms with van der Waals surface area (Å²) in [6.07, 6.45) is 5.02. The predicted octanol–water partition coefficient (Wildman–Crippen LogP) is 2.96. The number of rotatable bonds is 4. The lowest BCUT2D eigenvalue weighted by molar-refractivity contribution is -0.238. The molecule has 0 radical (unpaired) electrons. The minimum Gasteiger partial charge on any atom is -0.352 e. The highest BCUT2D eigenvalue weighted by Crippen LogP contribution is 2.25. The maximum Gasteiger partial charge on any atom is 0.157 e. The maximum atomic E-state index is 5.86. The van der Waals surface area contributed by atoms with E-state index in [4.69, 9.17) is 9.47 Å². The highest BCUT2D eigenvalue weighted by Gasteiger charge is 2.28. The van der Waals surface area contributed by atoms with Crippen LogP contribution in [0.25, 0.3) is 0 Å². The van der Waals surface area contributed by atoms with Gasteiger partial charge in [0.2, 0.25) is 0 Å². The molecule has 1 heterocycles. The van der Waals surface area contributed by atoms with Gasteiger partial charge in [-0.05, 0) is 19.3 Å². The lowest BCUT2D eigenvalue weighted by atomic mass is 9.96. The molecule has 0 N–H and O–H groups in total. The van der Waals surface area contributed by atoms with Crippen LogP contribution in [0, 0.1) is 5.92 Å². The molecule has 3 unspecified atom stereocenters. The van der Waals surface area contributed by atoms with Gasteiger partial charge < -0.3 is 9.47 Å². The van der Waals surface area contributed by atoms with Crippen LogP contribution >= 0.6 is 0 Å². The van der Waals surface area contributed by atoms with Crippen molar-refractivity contribution >= 4 is 0 Å². The molecule has 2 heteroatoms. The molecule has 78 valence electrons. The van der Waals surface area contributed by atoms with Crippen molar-refractivity contribution in [3.63, 3.8) is 0 Å². The van der Waals surface area contributed by atoms with E-state index in [2.05, 4.69) is 20.8 Å². The van der Waals surface area contributed by atoms with E-state index in [0.29, 0.717) is 12.0 Å². The third-order valence-electron chi connectivity index (χ3n) is 2.78. The zero-order valence-electron chi connectivity index (χ0n) is 9.08. The Morgan fingerprint density at radius 2 is 1.92 bits per heavy atom. The molecule has 0 saturated carbocycles. The van der Waals surface area contributed by atoms with E-state index in [0.717, 1.165) is 13.0 Å². The molecule has 0 bridgehead atoms. The van der Waals surface area contributed by atoms with Crippen molar-refractivity contribution in [3.8, 4) is 0 Å². The summed E-state index contributed by atoms with van der Waals surface area (Å²) in [5.41, 5.74) is 0. The Bertz CT molecular complexity index is 136. The average Bonchev–Trinajstić information content (AvgIpc) is 2.18. The van der Waals surface area contributed by atoms with Gasteiger partial charge in [-0.15, -0.1) is 0 Å². The zero-order chi connectivity index (χ0) is 9.68. The molecular weight excluding hydrogens is 164 g/mol. The van der Waals surface area contributed by atoms with Gasteiger partial charge in [-0.1, -0.05) is 27.2 Å². The van der Waals surface area contributed by atoms with E-state index in [1.165, 1.54) is 19.3 Å². The second kappa shape index (κ2) is 5.61. The Morgan fingerprint density at radius 3 is 2.46 bits per heavy atom. The summed E-state index contributed by atoms with van der Waals surface area (Å²) >= 11 is 0. The van der Waals surface area contributed by atoms with Crippen molar-refractivity contribution in [2.75, 3.05) is 6.61 Å². The van der Waals surface area contributed by atoms with Crippen LogP contribution in [0.2, 0.25) is 0 Å². The van der Waals surface area contributed by atoms with E-state index in [-0.39, 0.29) is 6.29 Å². The molecule has 1 aliphatic heterocycles. The van der Waals surface area contributed by atoms with Gasteiger partial charge in [0.15, 0.2) is 6.29 Å². The SMILES string of the molecule is CCCC1OC(CC)OCC1CC. The number of hydrogen-bond acceptors (Lipinski definition) is 2. The fourth-order valence-electron chi connectivity index (χ4n) is 1.87. The fraction of sp³-hybridized carbons (Fsp3) is 1.00. The van der Waals surface area contributed by atoms with Gasteiger partial charge in [-0.2, -0.15) is 0 Å². The van der Waals surface area contributed by atoms with E-state index in [1.54, 1.807) is 0 Å². The van der Waals surface area contributed by atoms with Gasteiger partial charge in [0.25, 0.3) is 0 Å². The van der Waals surface area contributed by atoms with Crippen LogP contribution in [0.1, 0.15) is 46.5 Å². The Balaban J connectivity index is 2.42. The lowest BCUT2D eigenvalue weighted by Crippen LogP contribution is -2.39. The predicted molar refractivity (Wildman–Crippen MR) is 53.6 cm³/mol. The van der Waals surface area contributed by atoms with E-state index >= 15 is 0 Å². The van der Waals surface area contributed by atoms with Crippen LogP contribution in [0.4, 0.5) is 0 Å². The molecule has 0 aromatic heterocycles. The summed E-state index contributed by atoms with van der Waals surface area (Å²) in [6, 6.07) is 0. The summed E-state index contributed by atoms with van der Waals surface area (Å²) in [5.74, 6) is 0.614. The summed E-state index contributed by atoms with van der Waals surface area (Å²) < 4.78 is 11.4. The van der Waals surface area contributed by atoms with E-state index in [1.807, 2.05) is 0 Å². The minimum atomic E-state index is 0.0550. The second-order valence-corrected chi connectivity index (χ2v) is 3.80. The van der Waals surface area contributed by atoms with Gasteiger partial charge in [0.1, 0.15) is 0 Å². The van der Waals surface area contributed by atoms with Crippen molar-refractivity contribution in [1.29, 1.82) is 0 Å². The van der Waals surface area contributed by atoms with Gasteiger partial charge in [-0.25, -0.2) is 0 Å². The van der Waals surface area contributed by atoms with Crippen molar-refractivity contribution < 1.29 is 9.47 Å². The first-order valence-corrected chi connectivity index (χ1v) is 5.58. The second-order valence-electron chi connectivity index (χ2n) is 3.80. The molecule has 13 heavy (non-hydrogen) atoms. The third-order valence-corrected chi connectivity index (χ3v) is 2.78. The summed E-state index contributed by atoms with van der Waals surface area (Å²) in [7, 11) is 0.